The molecule has 0 fully saturated rings. The number of benzene rings is 3. The number of rotatable bonds is 6. The molecule has 3 rings (SSSR count). The third kappa shape index (κ3) is 4.44. The van der Waals surface area contributed by atoms with Crippen LogP contribution < -0.4 is 10.1 Å². The lowest BCUT2D eigenvalue weighted by Gasteiger charge is -2.10. The molecule has 8 heteroatoms. The van der Waals surface area contributed by atoms with Crippen LogP contribution in [0.1, 0.15) is 31.8 Å². The summed E-state index contributed by atoms with van der Waals surface area (Å²) in [7, 11) is 0. The van der Waals surface area contributed by atoms with E-state index in [0.29, 0.717) is 17.2 Å². The van der Waals surface area contributed by atoms with Gasteiger partial charge in [0, 0.05) is 11.8 Å². The zero-order valence-electron chi connectivity index (χ0n) is 16.2. The van der Waals surface area contributed by atoms with Crippen LogP contribution in [-0.4, -0.2) is 21.9 Å². The molecule has 0 atom stereocenters. The number of hydrogen-bond acceptors (Lipinski definition) is 5. The van der Waals surface area contributed by atoms with E-state index in [0.717, 1.165) is 23.3 Å². The predicted octanol–water partition coefficient (Wildman–Crippen LogP) is 4.95. The first-order valence-corrected chi connectivity index (χ1v) is 8.93. The highest BCUT2D eigenvalue weighted by Crippen LogP contribution is 2.27. The van der Waals surface area contributed by atoms with Crippen molar-refractivity contribution in [2.45, 2.75) is 13.8 Å². The van der Waals surface area contributed by atoms with Crippen LogP contribution in [0.15, 0.2) is 60.7 Å². The van der Waals surface area contributed by atoms with Crippen LogP contribution in [0.25, 0.3) is 0 Å². The van der Waals surface area contributed by atoms with Crippen LogP contribution in [-0.2, 0) is 0 Å². The van der Waals surface area contributed by atoms with Crippen molar-refractivity contribution in [1.82, 2.24) is 0 Å². The zero-order valence-corrected chi connectivity index (χ0v) is 16.2. The number of carbonyl (C=O) groups is 2. The minimum atomic E-state index is -1.43. The van der Waals surface area contributed by atoms with Crippen molar-refractivity contribution in [2.24, 2.45) is 0 Å². The molecule has 0 aromatic heterocycles. The van der Waals surface area contributed by atoms with E-state index in [9.17, 15) is 24.8 Å². The molecule has 3 aromatic carbocycles. The second kappa shape index (κ2) is 8.44. The van der Waals surface area contributed by atoms with Crippen molar-refractivity contribution in [3.05, 3.63) is 93.0 Å². The maximum Gasteiger partial charge on any atom is 0.336 e. The van der Waals surface area contributed by atoms with Crippen LogP contribution in [0.3, 0.4) is 0 Å². The van der Waals surface area contributed by atoms with Gasteiger partial charge >= 0.3 is 5.97 Å². The number of carboxylic acids is 1. The summed E-state index contributed by atoms with van der Waals surface area (Å²) >= 11 is 0. The van der Waals surface area contributed by atoms with Crippen molar-refractivity contribution in [1.29, 1.82) is 0 Å². The Bertz CT molecular complexity index is 1110. The summed E-state index contributed by atoms with van der Waals surface area (Å²) in [6, 6.07) is 15.5. The van der Waals surface area contributed by atoms with Crippen molar-refractivity contribution < 1.29 is 24.4 Å². The second-order valence-electron chi connectivity index (χ2n) is 6.59. The topological polar surface area (TPSA) is 119 Å². The van der Waals surface area contributed by atoms with Crippen LogP contribution in [0.2, 0.25) is 0 Å². The maximum absolute atomic E-state index is 12.6. The fourth-order valence-electron chi connectivity index (χ4n) is 2.82. The van der Waals surface area contributed by atoms with E-state index in [-0.39, 0.29) is 0 Å². The molecular weight excluding hydrogens is 388 g/mol. The molecule has 152 valence electrons. The Kier molecular flexibility index (Phi) is 5.78. The largest absolute Gasteiger partial charge is 0.478 e. The monoisotopic (exact) mass is 406 g/mol. The first kappa shape index (κ1) is 20.5. The van der Waals surface area contributed by atoms with E-state index in [1.807, 2.05) is 32.0 Å². The molecule has 2 N–H and O–H groups in total. The molecular formula is C22H18N2O6. The van der Waals surface area contributed by atoms with E-state index >= 15 is 0 Å². The normalized spacial score (nSPS) is 10.3. The van der Waals surface area contributed by atoms with Gasteiger partial charge in [0.15, 0.2) is 0 Å². The van der Waals surface area contributed by atoms with Crippen LogP contribution >= 0.6 is 0 Å². The number of hydrogen-bond donors (Lipinski definition) is 2. The summed E-state index contributed by atoms with van der Waals surface area (Å²) in [4.78, 5) is 34.4. The van der Waals surface area contributed by atoms with Gasteiger partial charge in [-0.3, -0.25) is 14.9 Å². The molecule has 0 saturated heterocycles. The summed E-state index contributed by atoms with van der Waals surface area (Å²) < 4.78 is 5.78. The van der Waals surface area contributed by atoms with Crippen molar-refractivity contribution in [2.75, 3.05) is 5.32 Å². The number of carboxylic acid groups (broad SMARTS) is 1. The first-order valence-electron chi connectivity index (χ1n) is 8.93. The van der Waals surface area contributed by atoms with Gasteiger partial charge in [-0.15, -0.1) is 0 Å². The number of aryl methyl sites for hydroxylation is 2. The van der Waals surface area contributed by atoms with E-state index in [1.165, 1.54) is 6.07 Å². The van der Waals surface area contributed by atoms with Crippen molar-refractivity contribution in [3.8, 4) is 11.5 Å². The van der Waals surface area contributed by atoms with Gasteiger partial charge in [-0.2, -0.15) is 0 Å². The van der Waals surface area contributed by atoms with Gasteiger partial charge < -0.3 is 15.2 Å². The Morgan fingerprint density at radius 1 is 0.967 bits per heavy atom. The second-order valence-corrected chi connectivity index (χ2v) is 6.59. The molecule has 3 aromatic rings. The maximum atomic E-state index is 12.6. The van der Waals surface area contributed by atoms with E-state index in [4.69, 9.17) is 4.74 Å². The van der Waals surface area contributed by atoms with Gasteiger partial charge in [-0.25, -0.2) is 4.79 Å². The van der Waals surface area contributed by atoms with Gasteiger partial charge in [0.25, 0.3) is 11.6 Å². The number of nitrogens with one attached hydrogen (secondary N) is 1. The highest BCUT2D eigenvalue weighted by molar-refractivity contribution is 6.13. The molecule has 8 nitrogen and oxygen atoms in total. The SMILES string of the molecule is Cc1ccc(Oc2ccc(NC(=O)c3c(C(=O)O)cccc3[N+](=O)[O-])cc2)cc1C. The lowest BCUT2D eigenvalue weighted by molar-refractivity contribution is -0.385. The third-order valence-corrected chi connectivity index (χ3v) is 4.52. The predicted molar refractivity (Wildman–Crippen MR) is 110 cm³/mol. The highest BCUT2D eigenvalue weighted by Gasteiger charge is 2.27. The summed E-state index contributed by atoms with van der Waals surface area (Å²) in [6.07, 6.45) is 0. The lowest BCUT2D eigenvalue weighted by atomic mass is 10.0. The molecule has 0 aliphatic rings. The van der Waals surface area contributed by atoms with E-state index < -0.39 is 33.6 Å². The number of nitrogens with zero attached hydrogens (tertiary/aromatic N) is 1. The number of nitro benzene ring substituents is 1. The number of anilines is 1. The number of aromatic carboxylic acids is 1. The molecule has 0 aliphatic carbocycles. The third-order valence-electron chi connectivity index (χ3n) is 4.52. The summed E-state index contributed by atoms with van der Waals surface area (Å²) in [6.45, 7) is 3.98. The Morgan fingerprint density at radius 2 is 1.63 bits per heavy atom. The molecule has 0 bridgehead atoms. The summed E-state index contributed by atoms with van der Waals surface area (Å²) in [5.74, 6) is -1.11. The van der Waals surface area contributed by atoms with Crippen LogP contribution in [0.4, 0.5) is 11.4 Å². The molecule has 30 heavy (non-hydrogen) atoms. The molecule has 0 spiro atoms. The van der Waals surface area contributed by atoms with Gasteiger partial charge in [0.05, 0.1) is 10.5 Å². The number of carbonyl (C=O) groups excluding carboxylic acids is 1. The molecule has 0 unspecified atom stereocenters. The average molecular weight is 406 g/mol. The summed E-state index contributed by atoms with van der Waals surface area (Å²) in [5.41, 5.74) is 1.04. The first-order chi connectivity index (χ1) is 14.3. The standard InChI is InChI=1S/C22H18N2O6/c1-13-6-9-17(12-14(13)2)30-16-10-7-15(8-11-16)23-21(25)20-18(22(26)27)4-3-5-19(20)24(28)29/h3-12H,1-2H3,(H,23,25)(H,26,27). The van der Waals surface area contributed by atoms with E-state index in [1.54, 1.807) is 24.3 Å². The molecule has 0 saturated carbocycles. The van der Waals surface area contributed by atoms with E-state index in [2.05, 4.69) is 5.32 Å². The van der Waals surface area contributed by atoms with Crippen LogP contribution in [0.5, 0.6) is 11.5 Å². The highest BCUT2D eigenvalue weighted by atomic mass is 16.6. The fourth-order valence-corrected chi connectivity index (χ4v) is 2.82. The summed E-state index contributed by atoms with van der Waals surface area (Å²) in [5, 5.41) is 23.0. The molecule has 0 radical (unpaired) electrons. The minimum Gasteiger partial charge on any atom is -0.478 e. The lowest BCUT2D eigenvalue weighted by Crippen LogP contribution is -2.18. The zero-order chi connectivity index (χ0) is 21.8. The average Bonchev–Trinajstić information content (AvgIpc) is 2.71. The van der Waals surface area contributed by atoms with Crippen molar-refractivity contribution in [3.63, 3.8) is 0 Å². The number of nitro groups is 1. The quantitative estimate of drug-likeness (QED) is 0.441. The molecule has 0 aliphatic heterocycles. The van der Waals surface area contributed by atoms with Gasteiger partial charge in [-0.05, 0) is 67.4 Å². The fraction of sp³-hybridized carbons (Fsp3) is 0.0909. The van der Waals surface area contributed by atoms with Crippen molar-refractivity contribution >= 4 is 23.3 Å². The smallest absolute Gasteiger partial charge is 0.336 e. The number of ether oxygens (including phenoxy) is 1. The van der Waals surface area contributed by atoms with Gasteiger partial charge in [-0.1, -0.05) is 12.1 Å². The van der Waals surface area contributed by atoms with Gasteiger partial charge in [0.2, 0.25) is 0 Å². The Balaban J connectivity index is 1.80. The van der Waals surface area contributed by atoms with Gasteiger partial charge in [0.1, 0.15) is 17.1 Å². The Hall–Kier alpha value is -4.20. The Labute approximate surface area is 171 Å². The molecule has 0 heterocycles. The van der Waals surface area contributed by atoms with Crippen LogP contribution in [0, 0.1) is 24.0 Å². The number of amides is 1. The Morgan fingerprint density at radius 3 is 2.23 bits per heavy atom. The minimum absolute atomic E-state index is 0.335. The molecule has 1 amide bonds.